The Kier molecular flexibility index (Phi) is 7.66. The van der Waals surface area contributed by atoms with Crippen molar-refractivity contribution < 1.29 is 14.5 Å². The average Bonchev–Trinajstić information content (AvgIpc) is 2.51. The number of primary amides is 1. The number of nitrogens with one attached hydrogen (secondary N) is 1. The first kappa shape index (κ1) is 19.9. The highest BCUT2D eigenvalue weighted by Gasteiger charge is 2.19. The van der Waals surface area contributed by atoms with E-state index in [1.54, 1.807) is 0 Å². The van der Waals surface area contributed by atoms with Gasteiger partial charge in [0.1, 0.15) is 0 Å². The lowest BCUT2D eigenvalue weighted by molar-refractivity contribution is -0.387. The zero-order valence-corrected chi connectivity index (χ0v) is 14.5. The largest absolute Gasteiger partial charge is 0.366 e. The van der Waals surface area contributed by atoms with Crippen molar-refractivity contribution in [2.24, 2.45) is 17.4 Å². The minimum absolute atomic E-state index is 0.0192. The van der Waals surface area contributed by atoms with E-state index in [1.807, 2.05) is 13.8 Å². The molecule has 0 aromatic heterocycles. The fourth-order valence-corrected chi connectivity index (χ4v) is 2.95. The summed E-state index contributed by atoms with van der Waals surface area (Å²) in [5.74, 6) is -0.573. The number of hydrogen-bond acceptors (Lipinski definition) is 6. The molecule has 0 aliphatic rings. The Morgan fingerprint density at radius 1 is 1.38 bits per heavy atom. The molecule has 0 heterocycles. The van der Waals surface area contributed by atoms with Crippen LogP contribution in [0.1, 0.15) is 30.6 Å². The van der Waals surface area contributed by atoms with Crippen LogP contribution in [-0.4, -0.2) is 35.1 Å². The number of nitrogens with two attached hydrogens (primary N) is 2. The Labute approximate surface area is 144 Å². The average molecular weight is 354 g/mol. The maximum atomic E-state index is 12.0. The minimum atomic E-state index is -0.744. The van der Waals surface area contributed by atoms with Gasteiger partial charge in [-0.2, -0.15) is 0 Å². The molecule has 0 spiro atoms. The smallest absolute Gasteiger partial charge is 0.283 e. The second-order valence-corrected chi connectivity index (χ2v) is 6.74. The maximum absolute atomic E-state index is 12.0. The van der Waals surface area contributed by atoms with Crippen molar-refractivity contribution in [2.75, 3.05) is 12.3 Å². The van der Waals surface area contributed by atoms with Crippen molar-refractivity contribution in [2.45, 2.75) is 31.2 Å². The lowest BCUT2D eigenvalue weighted by Gasteiger charge is -2.18. The molecule has 0 fully saturated rings. The molecular weight excluding hydrogens is 332 g/mol. The highest BCUT2D eigenvalue weighted by atomic mass is 32.2. The zero-order valence-electron chi connectivity index (χ0n) is 13.7. The number of carbonyl (C=O) groups excluding carboxylic acids is 2. The molecule has 1 atom stereocenters. The fourth-order valence-electron chi connectivity index (χ4n) is 2.13. The summed E-state index contributed by atoms with van der Waals surface area (Å²) in [4.78, 5) is 33.9. The molecule has 1 unspecified atom stereocenters. The number of hydrogen-bond donors (Lipinski definition) is 3. The normalized spacial score (nSPS) is 12.0. The number of nitro benzene ring substituents is 1. The first-order chi connectivity index (χ1) is 11.2. The van der Waals surface area contributed by atoms with Crippen LogP contribution >= 0.6 is 11.8 Å². The number of thioether (sulfide) groups is 1. The van der Waals surface area contributed by atoms with Crippen LogP contribution < -0.4 is 16.8 Å². The molecule has 9 heteroatoms. The molecule has 1 rings (SSSR count). The summed E-state index contributed by atoms with van der Waals surface area (Å²) in [5, 5.41) is 13.9. The second-order valence-electron chi connectivity index (χ2n) is 5.72. The summed E-state index contributed by atoms with van der Waals surface area (Å²) in [6.45, 7) is 4.41. The SMILES string of the molecule is CC(C)CC(CN)NC(=O)CSc1ccc(C(N)=O)cc1[N+](=O)[O-]. The minimum Gasteiger partial charge on any atom is -0.366 e. The summed E-state index contributed by atoms with van der Waals surface area (Å²) in [6.07, 6.45) is 0.764. The van der Waals surface area contributed by atoms with Gasteiger partial charge in [-0.1, -0.05) is 13.8 Å². The van der Waals surface area contributed by atoms with Crippen molar-refractivity contribution in [3.8, 4) is 0 Å². The topological polar surface area (TPSA) is 141 Å². The third kappa shape index (κ3) is 6.17. The molecule has 5 N–H and O–H groups in total. The Morgan fingerprint density at radius 2 is 2.04 bits per heavy atom. The van der Waals surface area contributed by atoms with Gasteiger partial charge in [0.05, 0.1) is 15.6 Å². The van der Waals surface area contributed by atoms with Crippen LogP contribution in [0.3, 0.4) is 0 Å². The van der Waals surface area contributed by atoms with Crippen LogP contribution in [-0.2, 0) is 4.79 Å². The Balaban J connectivity index is 2.74. The Hall–Kier alpha value is -2.13. The van der Waals surface area contributed by atoms with Crippen molar-refractivity contribution in [3.63, 3.8) is 0 Å². The van der Waals surface area contributed by atoms with Gasteiger partial charge in [-0.05, 0) is 24.5 Å². The number of amides is 2. The molecule has 1 aromatic carbocycles. The molecule has 0 bridgehead atoms. The van der Waals surface area contributed by atoms with Gasteiger partial charge in [0.25, 0.3) is 5.69 Å². The second kappa shape index (κ2) is 9.24. The number of nitrogens with zero attached hydrogens (tertiary/aromatic N) is 1. The van der Waals surface area contributed by atoms with Gasteiger partial charge in [-0.15, -0.1) is 11.8 Å². The van der Waals surface area contributed by atoms with E-state index in [2.05, 4.69) is 5.32 Å². The van der Waals surface area contributed by atoms with E-state index in [0.717, 1.165) is 24.2 Å². The van der Waals surface area contributed by atoms with E-state index in [1.165, 1.54) is 12.1 Å². The van der Waals surface area contributed by atoms with Crippen LogP contribution in [0.25, 0.3) is 0 Å². The van der Waals surface area contributed by atoms with E-state index in [9.17, 15) is 19.7 Å². The number of carbonyl (C=O) groups is 2. The molecule has 1 aromatic rings. The molecule has 0 radical (unpaired) electrons. The molecule has 0 saturated heterocycles. The van der Waals surface area contributed by atoms with E-state index in [4.69, 9.17) is 11.5 Å². The van der Waals surface area contributed by atoms with Crippen molar-refractivity contribution >= 4 is 29.3 Å². The standard InChI is InChI=1S/C15H22N4O4S/c1-9(2)5-11(7-16)18-14(20)8-24-13-4-3-10(15(17)21)6-12(13)19(22)23/h3-4,6,9,11H,5,7-8,16H2,1-2H3,(H2,17,21)(H,18,20). The molecular formula is C15H22N4O4S. The highest BCUT2D eigenvalue weighted by Crippen LogP contribution is 2.30. The van der Waals surface area contributed by atoms with Gasteiger partial charge >= 0.3 is 0 Å². The molecule has 0 aliphatic heterocycles. The molecule has 24 heavy (non-hydrogen) atoms. The van der Waals surface area contributed by atoms with Gasteiger partial charge in [-0.25, -0.2) is 0 Å². The lowest BCUT2D eigenvalue weighted by atomic mass is 10.0. The van der Waals surface area contributed by atoms with Crippen LogP contribution in [0.15, 0.2) is 23.1 Å². The molecule has 0 aliphatic carbocycles. The summed E-state index contributed by atoms with van der Waals surface area (Å²) in [5.41, 5.74) is 10.6. The lowest BCUT2D eigenvalue weighted by Crippen LogP contribution is -2.41. The molecule has 8 nitrogen and oxygen atoms in total. The third-order valence-corrected chi connectivity index (χ3v) is 4.27. The fraction of sp³-hybridized carbons (Fsp3) is 0.467. The number of rotatable bonds is 9. The zero-order chi connectivity index (χ0) is 18.3. The predicted molar refractivity (Wildman–Crippen MR) is 92.8 cm³/mol. The van der Waals surface area contributed by atoms with Gasteiger partial charge < -0.3 is 16.8 Å². The van der Waals surface area contributed by atoms with Crippen molar-refractivity contribution in [1.29, 1.82) is 0 Å². The van der Waals surface area contributed by atoms with Crippen LogP contribution in [0.4, 0.5) is 5.69 Å². The van der Waals surface area contributed by atoms with Crippen LogP contribution in [0.2, 0.25) is 0 Å². The Bertz CT molecular complexity index is 621. The van der Waals surface area contributed by atoms with Gasteiger partial charge in [0.15, 0.2) is 0 Å². The maximum Gasteiger partial charge on any atom is 0.283 e. The third-order valence-electron chi connectivity index (χ3n) is 3.20. The number of nitro groups is 1. The summed E-state index contributed by atoms with van der Waals surface area (Å²) in [6, 6.07) is 3.82. The number of benzene rings is 1. The van der Waals surface area contributed by atoms with Gasteiger partial charge in [0, 0.05) is 24.2 Å². The van der Waals surface area contributed by atoms with E-state index in [-0.39, 0.29) is 29.0 Å². The monoisotopic (exact) mass is 354 g/mol. The van der Waals surface area contributed by atoms with E-state index < -0.39 is 10.8 Å². The summed E-state index contributed by atoms with van der Waals surface area (Å²) < 4.78 is 0. The highest BCUT2D eigenvalue weighted by molar-refractivity contribution is 8.00. The molecule has 2 amide bonds. The van der Waals surface area contributed by atoms with E-state index >= 15 is 0 Å². The first-order valence-corrected chi connectivity index (χ1v) is 8.43. The summed E-state index contributed by atoms with van der Waals surface area (Å²) >= 11 is 1.03. The quantitative estimate of drug-likeness (QED) is 0.346. The molecule has 132 valence electrons. The Morgan fingerprint density at radius 3 is 2.54 bits per heavy atom. The van der Waals surface area contributed by atoms with Crippen molar-refractivity contribution in [1.82, 2.24) is 5.32 Å². The van der Waals surface area contributed by atoms with Crippen LogP contribution in [0.5, 0.6) is 0 Å². The first-order valence-electron chi connectivity index (χ1n) is 7.45. The van der Waals surface area contributed by atoms with Gasteiger partial charge in [-0.3, -0.25) is 19.7 Å². The van der Waals surface area contributed by atoms with Crippen LogP contribution in [0, 0.1) is 16.0 Å². The van der Waals surface area contributed by atoms with E-state index in [0.29, 0.717) is 17.4 Å². The van der Waals surface area contributed by atoms with Gasteiger partial charge in [0.2, 0.25) is 11.8 Å². The predicted octanol–water partition coefficient (Wildman–Crippen LogP) is 1.28. The van der Waals surface area contributed by atoms with Crippen molar-refractivity contribution in [3.05, 3.63) is 33.9 Å². The summed E-state index contributed by atoms with van der Waals surface area (Å²) in [7, 11) is 0. The molecule has 0 saturated carbocycles.